The lowest BCUT2D eigenvalue weighted by Gasteiger charge is -2.13. The minimum absolute atomic E-state index is 0.398. The predicted molar refractivity (Wildman–Crippen MR) is 67.9 cm³/mol. The molecule has 0 aromatic carbocycles. The molecule has 0 amide bonds. The molecule has 0 bridgehead atoms. The highest BCUT2D eigenvalue weighted by Crippen LogP contribution is 2.25. The number of hydrogen-bond acceptors (Lipinski definition) is 4. The van der Waals surface area contributed by atoms with Crippen molar-refractivity contribution in [1.82, 2.24) is 19.9 Å². The Morgan fingerprint density at radius 2 is 2.33 bits per heavy atom. The Hall–Kier alpha value is -1.88. The van der Waals surface area contributed by atoms with Crippen LogP contribution in [0.3, 0.4) is 0 Å². The Morgan fingerprint density at radius 3 is 3.00 bits per heavy atom. The molecule has 1 N–H and O–H groups in total. The quantitative estimate of drug-likeness (QED) is 0.893. The van der Waals surface area contributed by atoms with Crippen LogP contribution in [-0.2, 0) is 0 Å². The molecule has 5 nitrogen and oxygen atoms in total. The van der Waals surface area contributed by atoms with E-state index < -0.39 is 0 Å². The molecule has 0 saturated carbocycles. The highest BCUT2D eigenvalue weighted by Gasteiger charge is 2.20. The van der Waals surface area contributed by atoms with E-state index in [9.17, 15) is 0 Å². The van der Waals surface area contributed by atoms with E-state index in [-0.39, 0.29) is 0 Å². The Kier molecular flexibility index (Phi) is 2.98. The largest absolute Gasteiger partial charge is 0.481 e. The summed E-state index contributed by atoms with van der Waals surface area (Å²) in [5.41, 5.74) is 2.21. The zero-order valence-electron chi connectivity index (χ0n) is 10.3. The molecule has 0 aliphatic carbocycles. The van der Waals surface area contributed by atoms with Gasteiger partial charge in [0.05, 0.1) is 37.2 Å². The summed E-state index contributed by atoms with van der Waals surface area (Å²) in [6.07, 6.45) is 7.94. The molecule has 1 aliphatic rings. The van der Waals surface area contributed by atoms with E-state index in [1.165, 1.54) is 12.1 Å². The lowest BCUT2D eigenvalue weighted by molar-refractivity contribution is 0.397. The van der Waals surface area contributed by atoms with Gasteiger partial charge in [-0.15, -0.1) is 0 Å². The number of nitrogens with zero attached hydrogens (tertiary/aromatic N) is 3. The van der Waals surface area contributed by atoms with Crippen LogP contribution in [0.1, 0.15) is 24.6 Å². The molecule has 1 aliphatic heterocycles. The molecule has 18 heavy (non-hydrogen) atoms. The molecule has 1 saturated heterocycles. The number of nitrogens with one attached hydrogen (secondary N) is 1. The minimum Gasteiger partial charge on any atom is -0.481 e. The normalized spacial score (nSPS) is 19.1. The second-order valence-corrected chi connectivity index (χ2v) is 4.40. The Morgan fingerprint density at radius 1 is 1.39 bits per heavy atom. The molecule has 0 spiro atoms. The SMILES string of the molecule is COc1ccc(-n2cncc2[C@@H]2CCCN2)cn1. The highest BCUT2D eigenvalue weighted by atomic mass is 16.5. The second-order valence-electron chi connectivity index (χ2n) is 4.40. The summed E-state index contributed by atoms with van der Waals surface area (Å²) in [7, 11) is 1.62. The molecule has 3 heterocycles. The Bertz CT molecular complexity index is 514. The molecule has 94 valence electrons. The summed E-state index contributed by atoms with van der Waals surface area (Å²) in [6, 6.07) is 4.25. The van der Waals surface area contributed by atoms with Crippen LogP contribution in [0, 0.1) is 0 Å². The number of rotatable bonds is 3. The zero-order chi connectivity index (χ0) is 12.4. The van der Waals surface area contributed by atoms with Crippen molar-refractivity contribution in [2.24, 2.45) is 0 Å². The number of methoxy groups -OCH3 is 1. The van der Waals surface area contributed by atoms with Crippen LogP contribution >= 0.6 is 0 Å². The van der Waals surface area contributed by atoms with Crippen molar-refractivity contribution in [3.8, 4) is 11.6 Å². The molecular weight excluding hydrogens is 228 g/mol. The van der Waals surface area contributed by atoms with Crippen LogP contribution in [0.2, 0.25) is 0 Å². The molecule has 1 fully saturated rings. The molecule has 5 heteroatoms. The molecular formula is C13H16N4O. The van der Waals surface area contributed by atoms with Gasteiger partial charge >= 0.3 is 0 Å². The Balaban J connectivity index is 1.93. The van der Waals surface area contributed by atoms with E-state index in [0.29, 0.717) is 11.9 Å². The summed E-state index contributed by atoms with van der Waals surface area (Å²) in [4.78, 5) is 8.48. The summed E-state index contributed by atoms with van der Waals surface area (Å²) >= 11 is 0. The van der Waals surface area contributed by atoms with Gasteiger partial charge in [-0.25, -0.2) is 9.97 Å². The van der Waals surface area contributed by atoms with E-state index in [2.05, 4.69) is 19.9 Å². The lowest BCUT2D eigenvalue weighted by Crippen LogP contribution is -2.16. The van der Waals surface area contributed by atoms with Gasteiger partial charge in [-0.05, 0) is 25.5 Å². The van der Waals surface area contributed by atoms with Crippen LogP contribution in [0.15, 0.2) is 30.9 Å². The lowest BCUT2D eigenvalue weighted by atomic mass is 10.1. The number of ether oxygens (including phenoxy) is 1. The van der Waals surface area contributed by atoms with Gasteiger partial charge in [-0.2, -0.15) is 0 Å². The van der Waals surface area contributed by atoms with Gasteiger partial charge in [0.2, 0.25) is 5.88 Å². The number of pyridine rings is 1. The van der Waals surface area contributed by atoms with Crippen molar-refractivity contribution >= 4 is 0 Å². The third-order valence-corrected chi connectivity index (χ3v) is 3.29. The summed E-state index contributed by atoms with van der Waals surface area (Å²) in [5.74, 6) is 0.624. The van der Waals surface area contributed by atoms with Crippen molar-refractivity contribution in [3.05, 3.63) is 36.5 Å². The molecule has 1 atom stereocenters. The molecule has 2 aromatic rings. The van der Waals surface area contributed by atoms with Gasteiger partial charge in [0, 0.05) is 12.1 Å². The first kappa shape index (κ1) is 11.2. The zero-order valence-corrected chi connectivity index (χ0v) is 10.3. The molecule has 0 unspecified atom stereocenters. The van der Waals surface area contributed by atoms with Crippen molar-refractivity contribution in [2.75, 3.05) is 13.7 Å². The Labute approximate surface area is 106 Å². The fraction of sp³-hybridized carbons (Fsp3) is 0.385. The van der Waals surface area contributed by atoms with Gasteiger partial charge < -0.3 is 14.6 Å². The van der Waals surface area contributed by atoms with Gasteiger partial charge in [-0.1, -0.05) is 0 Å². The standard InChI is InChI=1S/C13H16N4O/c1-18-13-5-4-10(7-16-13)17-9-14-8-12(17)11-3-2-6-15-11/h4-5,7-9,11,15H,2-3,6H2,1H3/t11-/m0/s1. The highest BCUT2D eigenvalue weighted by molar-refractivity contribution is 5.34. The molecule has 0 radical (unpaired) electrons. The summed E-state index contributed by atoms with van der Waals surface area (Å²) in [6.45, 7) is 1.08. The third-order valence-electron chi connectivity index (χ3n) is 3.29. The maximum Gasteiger partial charge on any atom is 0.213 e. The van der Waals surface area contributed by atoms with Gasteiger partial charge in [0.15, 0.2) is 0 Å². The minimum atomic E-state index is 0.398. The van der Waals surface area contributed by atoms with Gasteiger partial charge in [0.25, 0.3) is 0 Å². The monoisotopic (exact) mass is 244 g/mol. The van der Waals surface area contributed by atoms with E-state index >= 15 is 0 Å². The number of aromatic nitrogens is 3. The van der Waals surface area contributed by atoms with Gasteiger partial charge in [0.1, 0.15) is 0 Å². The number of imidazole rings is 1. The smallest absolute Gasteiger partial charge is 0.213 e. The average Bonchev–Trinajstić information content (AvgIpc) is 3.09. The van der Waals surface area contributed by atoms with Crippen LogP contribution in [-0.4, -0.2) is 28.2 Å². The van der Waals surface area contributed by atoms with Crippen molar-refractivity contribution < 1.29 is 4.74 Å². The van der Waals surface area contributed by atoms with E-state index in [1.54, 1.807) is 13.3 Å². The van der Waals surface area contributed by atoms with E-state index in [0.717, 1.165) is 18.7 Å². The van der Waals surface area contributed by atoms with E-state index in [1.807, 2.05) is 24.7 Å². The third kappa shape index (κ3) is 1.97. The van der Waals surface area contributed by atoms with Crippen molar-refractivity contribution in [1.29, 1.82) is 0 Å². The second kappa shape index (κ2) is 4.78. The fourth-order valence-corrected chi connectivity index (χ4v) is 2.35. The fourth-order valence-electron chi connectivity index (χ4n) is 2.35. The van der Waals surface area contributed by atoms with Crippen LogP contribution in [0.25, 0.3) is 5.69 Å². The van der Waals surface area contributed by atoms with Gasteiger partial charge in [-0.3, -0.25) is 0 Å². The van der Waals surface area contributed by atoms with Crippen LogP contribution in [0.5, 0.6) is 5.88 Å². The average molecular weight is 244 g/mol. The molecule has 3 rings (SSSR count). The number of hydrogen-bond donors (Lipinski definition) is 1. The molecule has 2 aromatic heterocycles. The first-order valence-electron chi connectivity index (χ1n) is 6.14. The first-order valence-corrected chi connectivity index (χ1v) is 6.14. The predicted octanol–water partition coefficient (Wildman–Crippen LogP) is 1.70. The van der Waals surface area contributed by atoms with Crippen molar-refractivity contribution in [3.63, 3.8) is 0 Å². The first-order chi connectivity index (χ1) is 8.88. The summed E-state index contributed by atoms with van der Waals surface area (Å²) < 4.78 is 7.15. The van der Waals surface area contributed by atoms with Crippen LogP contribution < -0.4 is 10.1 Å². The maximum atomic E-state index is 5.07. The topological polar surface area (TPSA) is 52.0 Å². The van der Waals surface area contributed by atoms with Crippen molar-refractivity contribution in [2.45, 2.75) is 18.9 Å². The maximum absolute atomic E-state index is 5.07. The van der Waals surface area contributed by atoms with Crippen LogP contribution in [0.4, 0.5) is 0 Å². The van der Waals surface area contributed by atoms with E-state index in [4.69, 9.17) is 4.74 Å². The summed E-state index contributed by atoms with van der Waals surface area (Å²) in [5, 5.41) is 3.49.